The van der Waals surface area contributed by atoms with Crippen molar-refractivity contribution in [2.24, 2.45) is 0 Å². The van der Waals surface area contributed by atoms with Gasteiger partial charge >= 0.3 is 0 Å². The van der Waals surface area contributed by atoms with Gasteiger partial charge in [0.2, 0.25) is 5.91 Å². The number of hydrogen-bond donors (Lipinski definition) is 1. The van der Waals surface area contributed by atoms with Crippen molar-refractivity contribution in [3.8, 4) is 0 Å². The molecule has 0 spiro atoms. The molecule has 0 aliphatic rings. The molecule has 2 aromatic carbocycles. The van der Waals surface area contributed by atoms with Gasteiger partial charge in [0, 0.05) is 24.8 Å². The fourth-order valence-electron chi connectivity index (χ4n) is 2.25. The van der Waals surface area contributed by atoms with Crippen LogP contribution < -0.4 is 5.32 Å². The van der Waals surface area contributed by atoms with Crippen LogP contribution in [0.2, 0.25) is 5.02 Å². The third kappa shape index (κ3) is 5.55. The molecule has 23 heavy (non-hydrogen) atoms. The minimum absolute atomic E-state index is 0.125. The van der Waals surface area contributed by atoms with Crippen molar-refractivity contribution in [2.45, 2.75) is 20.1 Å². The van der Waals surface area contributed by atoms with Crippen molar-refractivity contribution in [3.63, 3.8) is 0 Å². The van der Waals surface area contributed by atoms with Crippen molar-refractivity contribution in [1.29, 1.82) is 0 Å². The summed E-state index contributed by atoms with van der Waals surface area (Å²) in [7, 11) is 1.66. The van der Waals surface area contributed by atoms with E-state index in [1.165, 1.54) is 0 Å². The Morgan fingerprint density at radius 2 is 1.91 bits per heavy atom. The molecule has 2 rings (SSSR count). The van der Waals surface area contributed by atoms with E-state index < -0.39 is 0 Å². The number of carbonyl (C=O) groups excluding carboxylic acids is 1. The second kappa shape index (κ2) is 8.51. The number of rotatable bonds is 6. The van der Waals surface area contributed by atoms with Crippen LogP contribution in [0.3, 0.4) is 0 Å². The largest absolute Gasteiger partial charge is 0.380 e. The van der Waals surface area contributed by atoms with Gasteiger partial charge in [0.25, 0.3) is 0 Å². The number of carbonyl (C=O) groups is 1. The monoisotopic (exact) mass is 329 g/mol. The second-order valence-corrected chi connectivity index (χ2v) is 5.74. The molecule has 1 N–H and O–H groups in total. The molecule has 2 aromatic rings. The number of allylic oxidation sites excluding steroid dienone is 1. The van der Waals surface area contributed by atoms with Gasteiger partial charge in [-0.3, -0.25) is 4.79 Å². The third-order valence-corrected chi connectivity index (χ3v) is 3.63. The molecule has 1 amide bonds. The summed E-state index contributed by atoms with van der Waals surface area (Å²) in [6.45, 7) is 2.94. The molecule has 0 aliphatic carbocycles. The summed E-state index contributed by atoms with van der Waals surface area (Å²) in [6, 6.07) is 15.4. The molecule has 0 saturated heterocycles. The van der Waals surface area contributed by atoms with E-state index in [0.717, 1.165) is 22.3 Å². The van der Waals surface area contributed by atoms with Gasteiger partial charge in [0.1, 0.15) is 0 Å². The van der Waals surface area contributed by atoms with Gasteiger partial charge in [-0.25, -0.2) is 0 Å². The number of nitrogens with one attached hydrogen (secondary N) is 1. The zero-order valence-electron chi connectivity index (χ0n) is 13.3. The van der Waals surface area contributed by atoms with E-state index in [4.69, 9.17) is 16.3 Å². The molecule has 0 radical (unpaired) electrons. The van der Waals surface area contributed by atoms with Crippen LogP contribution in [0.25, 0.3) is 5.57 Å². The highest BCUT2D eigenvalue weighted by Gasteiger charge is 2.02. The zero-order valence-corrected chi connectivity index (χ0v) is 14.1. The molecule has 0 saturated carbocycles. The van der Waals surface area contributed by atoms with Crippen LogP contribution >= 0.6 is 11.6 Å². The summed E-state index contributed by atoms with van der Waals surface area (Å²) < 4.78 is 5.11. The predicted molar refractivity (Wildman–Crippen MR) is 94.1 cm³/mol. The van der Waals surface area contributed by atoms with Gasteiger partial charge in [0.15, 0.2) is 0 Å². The van der Waals surface area contributed by atoms with Crippen molar-refractivity contribution in [3.05, 3.63) is 76.3 Å². The Kier molecular flexibility index (Phi) is 6.39. The molecule has 0 fully saturated rings. The normalized spacial score (nSPS) is 11.3. The van der Waals surface area contributed by atoms with Crippen LogP contribution in [0.4, 0.5) is 0 Å². The summed E-state index contributed by atoms with van der Waals surface area (Å²) in [5.74, 6) is -0.125. The maximum atomic E-state index is 12.1. The predicted octanol–water partition coefficient (Wildman–Crippen LogP) is 4.21. The van der Waals surface area contributed by atoms with Crippen LogP contribution in [0.15, 0.2) is 54.6 Å². The summed E-state index contributed by atoms with van der Waals surface area (Å²) in [6.07, 6.45) is 1.59. The fourth-order valence-corrected chi connectivity index (χ4v) is 2.44. The quantitative estimate of drug-likeness (QED) is 0.806. The SMILES string of the molecule is COCc1cccc(CNC(=O)/C=C(/C)c2cccc(Cl)c2)c1. The van der Waals surface area contributed by atoms with E-state index in [1.807, 2.05) is 55.5 Å². The van der Waals surface area contributed by atoms with Crippen molar-refractivity contribution < 1.29 is 9.53 Å². The van der Waals surface area contributed by atoms with Gasteiger partial charge < -0.3 is 10.1 Å². The summed E-state index contributed by atoms with van der Waals surface area (Å²) in [5, 5.41) is 3.55. The third-order valence-electron chi connectivity index (χ3n) is 3.40. The lowest BCUT2D eigenvalue weighted by molar-refractivity contribution is -0.116. The Bertz CT molecular complexity index is 710. The van der Waals surface area contributed by atoms with Gasteiger partial charge in [-0.05, 0) is 41.3 Å². The van der Waals surface area contributed by atoms with Crippen molar-refractivity contribution in [2.75, 3.05) is 7.11 Å². The minimum atomic E-state index is -0.125. The molecule has 3 nitrogen and oxygen atoms in total. The van der Waals surface area contributed by atoms with Crippen LogP contribution in [-0.2, 0) is 22.7 Å². The zero-order chi connectivity index (χ0) is 16.7. The molecule has 0 aromatic heterocycles. The Labute approximate surface area is 141 Å². The Hall–Kier alpha value is -2.10. The lowest BCUT2D eigenvalue weighted by Crippen LogP contribution is -2.20. The number of hydrogen-bond acceptors (Lipinski definition) is 2. The molecule has 0 atom stereocenters. The molecule has 0 heterocycles. The topological polar surface area (TPSA) is 38.3 Å². The molecule has 0 bridgehead atoms. The maximum Gasteiger partial charge on any atom is 0.244 e. The van der Waals surface area contributed by atoms with Crippen LogP contribution in [0.1, 0.15) is 23.6 Å². The Morgan fingerprint density at radius 3 is 2.65 bits per heavy atom. The van der Waals surface area contributed by atoms with Gasteiger partial charge in [-0.15, -0.1) is 0 Å². The second-order valence-electron chi connectivity index (χ2n) is 5.31. The van der Waals surface area contributed by atoms with E-state index in [9.17, 15) is 4.79 Å². The average molecular weight is 330 g/mol. The smallest absolute Gasteiger partial charge is 0.244 e. The number of methoxy groups -OCH3 is 1. The standard InChI is InChI=1S/C19H20ClNO2/c1-14(17-7-4-8-18(20)11-17)9-19(22)21-12-15-5-3-6-16(10-15)13-23-2/h3-11H,12-13H2,1-2H3,(H,21,22)/b14-9-. The van der Waals surface area contributed by atoms with E-state index >= 15 is 0 Å². The molecular weight excluding hydrogens is 310 g/mol. The average Bonchev–Trinajstić information content (AvgIpc) is 2.54. The van der Waals surface area contributed by atoms with E-state index in [0.29, 0.717) is 18.2 Å². The molecule has 0 unspecified atom stereocenters. The number of amides is 1. The van der Waals surface area contributed by atoms with Gasteiger partial charge in [-0.1, -0.05) is 48.0 Å². The first-order valence-electron chi connectivity index (χ1n) is 7.37. The molecule has 4 heteroatoms. The highest BCUT2D eigenvalue weighted by molar-refractivity contribution is 6.30. The Balaban J connectivity index is 1.97. The van der Waals surface area contributed by atoms with Crippen LogP contribution in [0.5, 0.6) is 0 Å². The summed E-state index contributed by atoms with van der Waals surface area (Å²) in [5.41, 5.74) is 3.94. The highest BCUT2D eigenvalue weighted by Crippen LogP contribution is 2.18. The van der Waals surface area contributed by atoms with Gasteiger partial charge in [0.05, 0.1) is 6.61 Å². The highest BCUT2D eigenvalue weighted by atomic mass is 35.5. The number of benzene rings is 2. The maximum absolute atomic E-state index is 12.1. The number of ether oxygens (including phenoxy) is 1. The van der Waals surface area contributed by atoms with Crippen molar-refractivity contribution >= 4 is 23.1 Å². The molecule has 0 aliphatic heterocycles. The number of halogens is 1. The lowest BCUT2D eigenvalue weighted by Gasteiger charge is -2.07. The first-order chi connectivity index (χ1) is 11.1. The first kappa shape index (κ1) is 17.3. The fraction of sp³-hybridized carbons (Fsp3) is 0.211. The van der Waals surface area contributed by atoms with Crippen molar-refractivity contribution in [1.82, 2.24) is 5.32 Å². The van der Waals surface area contributed by atoms with E-state index in [2.05, 4.69) is 5.32 Å². The molecular formula is C19H20ClNO2. The van der Waals surface area contributed by atoms with E-state index in [-0.39, 0.29) is 5.91 Å². The summed E-state index contributed by atoms with van der Waals surface area (Å²) >= 11 is 5.97. The molecule has 120 valence electrons. The Morgan fingerprint density at radius 1 is 1.17 bits per heavy atom. The minimum Gasteiger partial charge on any atom is -0.380 e. The first-order valence-corrected chi connectivity index (χ1v) is 7.75. The van der Waals surface area contributed by atoms with Gasteiger partial charge in [-0.2, -0.15) is 0 Å². The van der Waals surface area contributed by atoms with E-state index in [1.54, 1.807) is 13.2 Å². The summed E-state index contributed by atoms with van der Waals surface area (Å²) in [4.78, 5) is 12.1. The lowest BCUT2D eigenvalue weighted by atomic mass is 10.1. The van der Waals surface area contributed by atoms with Crippen LogP contribution in [0, 0.1) is 0 Å². The van der Waals surface area contributed by atoms with Crippen LogP contribution in [-0.4, -0.2) is 13.0 Å².